The Labute approximate surface area is 136 Å². The van der Waals surface area contributed by atoms with Crippen molar-refractivity contribution in [1.29, 1.82) is 0 Å². The number of ether oxygens (including phenoxy) is 1. The number of rotatable bonds is 6. The van der Waals surface area contributed by atoms with Gasteiger partial charge in [-0.3, -0.25) is 4.99 Å². The fourth-order valence-corrected chi connectivity index (χ4v) is 2.26. The average molecular weight is 320 g/mol. The average Bonchev–Trinajstić information content (AvgIpc) is 2.93. The van der Waals surface area contributed by atoms with E-state index >= 15 is 0 Å². The van der Waals surface area contributed by atoms with Crippen molar-refractivity contribution in [3.63, 3.8) is 0 Å². The standard InChI is InChI=1S/C17H25FN4O/c1-17(2,23-4)11-22-16(19-3)20-8-7-12-10-21-15-6-5-13(18)9-14(12)15/h5-6,9-10,21H,7-8,11H2,1-4H3,(H2,19,20,22). The molecule has 0 saturated carbocycles. The first kappa shape index (κ1) is 17.3. The number of benzene rings is 1. The number of hydrogen-bond donors (Lipinski definition) is 3. The van der Waals surface area contributed by atoms with Gasteiger partial charge in [-0.1, -0.05) is 0 Å². The van der Waals surface area contributed by atoms with Gasteiger partial charge < -0.3 is 20.4 Å². The van der Waals surface area contributed by atoms with Crippen LogP contribution in [-0.4, -0.2) is 43.8 Å². The van der Waals surface area contributed by atoms with E-state index in [1.165, 1.54) is 6.07 Å². The van der Waals surface area contributed by atoms with Crippen LogP contribution < -0.4 is 10.6 Å². The van der Waals surface area contributed by atoms with Crippen LogP contribution in [0.4, 0.5) is 4.39 Å². The summed E-state index contributed by atoms with van der Waals surface area (Å²) in [6.07, 6.45) is 2.70. The van der Waals surface area contributed by atoms with Gasteiger partial charge in [0.15, 0.2) is 5.96 Å². The summed E-state index contributed by atoms with van der Waals surface area (Å²) in [7, 11) is 3.42. The summed E-state index contributed by atoms with van der Waals surface area (Å²) in [4.78, 5) is 7.36. The molecule has 0 spiro atoms. The molecular weight excluding hydrogens is 295 g/mol. The van der Waals surface area contributed by atoms with Crippen molar-refractivity contribution in [3.05, 3.63) is 35.8 Å². The Morgan fingerprint density at radius 2 is 2.13 bits per heavy atom. The van der Waals surface area contributed by atoms with Crippen LogP contribution in [0.25, 0.3) is 10.9 Å². The third-order valence-corrected chi connectivity index (χ3v) is 3.87. The van der Waals surface area contributed by atoms with Gasteiger partial charge in [0, 0.05) is 44.3 Å². The van der Waals surface area contributed by atoms with Gasteiger partial charge in [0.25, 0.3) is 0 Å². The Kier molecular flexibility index (Phi) is 5.60. The zero-order valence-corrected chi connectivity index (χ0v) is 14.2. The molecule has 3 N–H and O–H groups in total. The molecule has 0 atom stereocenters. The van der Waals surface area contributed by atoms with Crippen molar-refractivity contribution in [2.45, 2.75) is 25.9 Å². The third kappa shape index (κ3) is 4.69. The Bertz CT molecular complexity index is 678. The van der Waals surface area contributed by atoms with E-state index in [1.807, 2.05) is 20.0 Å². The second-order valence-corrected chi connectivity index (χ2v) is 6.07. The summed E-state index contributed by atoms with van der Waals surface area (Å²) in [5, 5.41) is 7.42. The highest BCUT2D eigenvalue weighted by Crippen LogP contribution is 2.19. The molecule has 0 aliphatic heterocycles. The molecule has 126 valence electrons. The lowest BCUT2D eigenvalue weighted by Gasteiger charge is -2.24. The molecule has 0 bridgehead atoms. The number of halogens is 1. The minimum Gasteiger partial charge on any atom is -0.377 e. The second-order valence-electron chi connectivity index (χ2n) is 6.07. The molecule has 23 heavy (non-hydrogen) atoms. The van der Waals surface area contributed by atoms with Crippen molar-refractivity contribution < 1.29 is 9.13 Å². The van der Waals surface area contributed by atoms with Crippen LogP contribution in [0.3, 0.4) is 0 Å². The molecule has 0 aliphatic carbocycles. The SMILES string of the molecule is CN=C(NCCc1c[nH]c2ccc(F)cc12)NCC(C)(C)OC. The van der Waals surface area contributed by atoms with Crippen molar-refractivity contribution in [1.82, 2.24) is 15.6 Å². The van der Waals surface area contributed by atoms with Gasteiger partial charge in [-0.2, -0.15) is 0 Å². The molecule has 0 saturated heterocycles. The number of aromatic amines is 1. The number of guanidine groups is 1. The fourth-order valence-electron chi connectivity index (χ4n) is 2.26. The Morgan fingerprint density at radius 3 is 2.83 bits per heavy atom. The lowest BCUT2D eigenvalue weighted by Crippen LogP contribution is -2.45. The van der Waals surface area contributed by atoms with E-state index < -0.39 is 0 Å². The van der Waals surface area contributed by atoms with Crippen LogP contribution in [0.5, 0.6) is 0 Å². The molecule has 0 aliphatic rings. The summed E-state index contributed by atoms with van der Waals surface area (Å²) < 4.78 is 18.7. The monoisotopic (exact) mass is 320 g/mol. The number of aliphatic imine (C=N–C) groups is 1. The summed E-state index contributed by atoms with van der Waals surface area (Å²) in [5.41, 5.74) is 1.77. The predicted octanol–water partition coefficient (Wildman–Crippen LogP) is 2.44. The van der Waals surface area contributed by atoms with Gasteiger partial charge in [-0.15, -0.1) is 0 Å². The van der Waals surface area contributed by atoms with E-state index in [4.69, 9.17) is 4.74 Å². The first-order valence-corrected chi connectivity index (χ1v) is 7.70. The topological polar surface area (TPSA) is 61.4 Å². The smallest absolute Gasteiger partial charge is 0.191 e. The summed E-state index contributed by atoms with van der Waals surface area (Å²) >= 11 is 0. The molecule has 0 amide bonds. The lowest BCUT2D eigenvalue weighted by atomic mass is 10.1. The quantitative estimate of drug-likeness (QED) is 0.566. The summed E-state index contributed by atoms with van der Waals surface area (Å²) in [6.45, 7) is 5.37. The summed E-state index contributed by atoms with van der Waals surface area (Å²) in [5.74, 6) is 0.506. The first-order chi connectivity index (χ1) is 10.9. The molecule has 1 aromatic carbocycles. The minimum atomic E-state index is -0.258. The van der Waals surface area contributed by atoms with Crippen molar-refractivity contribution >= 4 is 16.9 Å². The number of methoxy groups -OCH3 is 1. The van der Waals surface area contributed by atoms with Gasteiger partial charge >= 0.3 is 0 Å². The number of H-pyrrole nitrogens is 1. The number of hydrogen-bond acceptors (Lipinski definition) is 2. The molecule has 6 heteroatoms. The number of aromatic nitrogens is 1. The fraction of sp³-hybridized carbons (Fsp3) is 0.471. The van der Waals surface area contributed by atoms with E-state index in [1.54, 1.807) is 26.3 Å². The largest absolute Gasteiger partial charge is 0.377 e. The molecule has 1 heterocycles. The van der Waals surface area contributed by atoms with E-state index in [0.717, 1.165) is 28.8 Å². The Morgan fingerprint density at radius 1 is 1.35 bits per heavy atom. The maximum Gasteiger partial charge on any atom is 0.191 e. The molecule has 0 fully saturated rings. The summed E-state index contributed by atoms with van der Waals surface area (Å²) in [6, 6.07) is 4.79. The van der Waals surface area contributed by atoms with Gasteiger partial charge in [0.1, 0.15) is 5.82 Å². The molecule has 1 aromatic heterocycles. The van der Waals surface area contributed by atoms with E-state index in [0.29, 0.717) is 13.1 Å². The van der Waals surface area contributed by atoms with E-state index in [-0.39, 0.29) is 11.4 Å². The van der Waals surface area contributed by atoms with Crippen LogP contribution in [0.1, 0.15) is 19.4 Å². The Hall–Kier alpha value is -2.08. The highest BCUT2D eigenvalue weighted by Gasteiger charge is 2.16. The van der Waals surface area contributed by atoms with Crippen molar-refractivity contribution in [2.24, 2.45) is 4.99 Å². The highest BCUT2D eigenvalue weighted by molar-refractivity contribution is 5.83. The van der Waals surface area contributed by atoms with Crippen LogP contribution in [0.15, 0.2) is 29.4 Å². The Balaban J connectivity index is 1.89. The van der Waals surface area contributed by atoms with Crippen molar-refractivity contribution in [3.8, 4) is 0 Å². The maximum atomic E-state index is 13.4. The second kappa shape index (κ2) is 7.46. The number of fused-ring (bicyclic) bond motifs is 1. The van der Waals surface area contributed by atoms with Crippen molar-refractivity contribution in [2.75, 3.05) is 27.2 Å². The van der Waals surface area contributed by atoms with E-state index in [9.17, 15) is 4.39 Å². The van der Waals surface area contributed by atoms with Crippen LogP contribution in [0, 0.1) is 5.82 Å². The van der Waals surface area contributed by atoms with Gasteiger partial charge in [0.05, 0.1) is 5.60 Å². The zero-order chi connectivity index (χ0) is 16.9. The third-order valence-electron chi connectivity index (χ3n) is 3.87. The minimum absolute atomic E-state index is 0.217. The van der Waals surface area contributed by atoms with Gasteiger partial charge in [-0.05, 0) is 44.0 Å². The first-order valence-electron chi connectivity index (χ1n) is 7.70. The van der Waals surface area contributed by atoms with Crippen LogP contribution >= 0.6 is 0 Å². The molecule has 0 unspecified atom stereocenters. The number of nitrogens with one attached hydrogen (secondary N) is 3. The lowest BCUT2D eigenvalue weighted by molar-refractivity contribution is 0.0268. The molecule has 0 radical (unpaired) electrons. The van der Waals surface area contributed by atoms with Gasteiger partial charge in [-0.25, -0.2) is 4.39 Å². The zero-order valence-electron chi connectivity index (χ0n) is 14.2. The maximum absolute atomic E-state index is 13.4. The van der Waals surface area contributed by atoms with Crippen LogP contribution in [0.2, 0.25) is 0 Å². The van der Waals surface area contributed by atoms with Gasteiger partial charge in [0.2, 0.25) is 0 Å². The predicted molar refractivity (Wildman–Crippen MR) is 92.4 cm³/mol. The number of nitrogens with zero attached hydrogens (tertiary/aromatic N) is 1. The molecular formula is C17H25FN4O. The molecule has 5 nitrogen and oxygen atoms in total. The molecule has 2 aromatic rings. The van der Waals surface area contributed by atoms with Crippen LogP contribution in [-0.2, 0) is 11.2 Å². The molecule has 2 rings (SSSR count). The highest BCUT2D eigenvalue weighted by atomic mass is 19.1. The van der Waals surface area contributed by atoms with E-state index in [2.05, 4.69) is 20.6 Å². The normalized spacial score (nSPS) is 12.7.